The minimum atomic E-state index is -4.98. The SMILES string of the molecule is O=S(=O)([O-])C1c2c(cc3ccc4cccc5ccc2c3c45)C(O)C(O)C1O. The number of fused-ring (bicyclic) bond motifs is 2. The topological polar surface area (TPSA) is 118 Å². The van der Waals surface area contributed by atoms with Crippen molar-refractivity contribution in [3.05, 3.63) is 59.7 Å². The molecule has 5 rings (SSSR count). The van der Waals surface area contributed by atoms with Gasteiger partial charge in [0.2, 0.25) is 0 Å². The van der Waals surface area contributed by atoms with Crippen LogP contribution in [-0.4, -0.2) is 40.5 Å². The van der Waals surface area contributed by atoms with Gasteiger partial charge in [-0.2, -0.15) is 0 Å². The third-order valence-electron chi connectivity index (χ3n) is 5.62. The zero-order chi connectivity index (χ0) is 19.1. The molecule has 0 amide bonds. The molecule has 0 aromatic heterocycles. The van der Waals surface area contributed by atoms with Crippen LogP contribution in [0.2, 0.25) is 0 Å². The van der Waals surface area contributed by atoms with Crippen LogP contribution in [0.1, 0.15) is 22.5 Å². The molecule has 7 heteroatoms. The first-order valence-electron chi connectivity index (χ1n) is 8.48. The zero-order valence-corrected chi connectivity index (χ0v) is 14.7. The van der Waals surface area contributed by atoms with E-state index in [0.717, 1.165) is 26.9 Å². The highest BCUT2D eigenvalue weighted by molar-refractivity contribution is 7.86. The van der Waals surface area contributed by atoms with Gasteiger partial charge in [-0.05, 0) is 49.5 Å². The second-order valence-electron chi connectivity index (χ2n) is 7.07. The molecule has 0 heterocycles. The zero-order valence-electron chi connectivity index (χ0n) is 13.9. The molecule has 0 fully saturated rings. The maximum absolute atomic E-state index is 12.0. The molecule has 1 aliphatic rings. The van der Waals surface area contributed by atoms with E-state index in [-0.39, 0.29) is 11.1 Å². The van der Waals surface area contributed by atoms with Crippen molar-refractivity contribution in [2.45, 2.75) is 23.6 Å². The molecule has 4 unspecified atom stereocenters. The van der Waals surface area contributed by atoms with E-state index in [1.807, 2.05) is 36.4 Å². The first kappa shape index (κ1) is 16.9. The predicted molar refractivity (Wildman–Crippen MR) is 99.6 cm³/mol. The van der Waals surface area contributed by atoms with E-state index in [9.17, 15) is 28.3 Å². The largest absolute Gasteiger partial charge is 0.747 e. The fourth-order valence-corrected chi connectivity index (χ4v) is 5.51. The average Bonchev–Trinajstić information content (AvgIpc) is 2.63. The Morgan fingerprint density at radius 1 is 0.815 bits per heavy atom. The molecule has 138 valence electrons. The minimum Gasteiger partial charge on any atom is -0.747 e. The molecule has 0 aliphatic heterocycles. The summed E-state index contributed by atoms with van der Waals surface area (Å²) in [4.78, 5) is 0. The Hall–Kier alpha value is -2.29. The van der Waals surface area contributed by atoms with Crippen LogP contribution in [-0.2, 0) is 10.1 Å². The average molecular weight is 383 g/mol. The van der Waals surface area contributed by atoms with Gasteiger partial charge in [0.15, 0.2) is 0 Å². The van der Waals surface area contributed by atoms with Crippen molar-refractivity contribution in [3.8, 4) is 0 Å². The smallest absolute Gasteiger partial charge is 0.111 e. The molecule has 1 aliphatic carbocycles. The number of aliphatic hydroxyl groups excluding tert-OH is 3. The summed E-state index contributed by atoms with van der Waals surface area (Å²) >= 11 is 0. The minimum absolute atomic E-state index is 0.0704. The van der Waals surface area contributed by atoms with E-state index < -0.39 is 33.7 Å². The Labute approximate surface area is 154 Å². The normalized spacial score (nSPS) is 26.1. The third-order valence-corrected chi connectivity index (χ3v) is 6.76. The molecule has 0 radical (unpaired) electrons. The maximum Gasteiger partial charge on any atom is 0.111 e. The summed E-state index contributed by atoms with van der Waals surface area (Å²) in [6.45, 7) is 0. The van der Waals surface area contributed by atoms with Gasteiger partial charge in [-0.25, -0.2) is 8.42 Å². The van der Waals surface area contributed by atoms with Crippen molar-refractivity contribution in [2.24, 2.45) is 0 Å². The van der Waals surface area contributed by atoms with Crippen LogP contribution in [0.15, 0.2) is 48.5 Å². The van der Waals surface area contributed by atoms with E-state index in [0.29, 0.717) is 5.39 Å². The maximum atomic E-state index is 12.0. The Bertz CT molecular complexity index is 1300. The lowest BCUT2D eigenvalue weighted by atomic mass is 9.80. The van der Waals surface area contributed by atoms with E-state index in [4.69, 9.17) is 0 Å². The Balaban J connectivity index is 2.03. The molecule has 3 N–H and O–H groups in total. The molecule has 4 atom stereocenters. The van der Waals surface area contributed by atoms with Gasteiger partial charge >= 0.3 is 0 Å². The molecule has 6 nitrogen and oxygen atoms in total. The van der Waals surface area contributed by atoms with Crippen molar-refractivity contribution in [1.29, 1.82) is 0 Å². The number of hydrogen-bond donors (Lipinski definition) is 3. The summed E-state index contributed by atoms with van der Waals surface area (Å²) < 4.78 is 35.9. The number of rotatable bonds is 1. The summed E-state index contributed by atoms with van der Waals surface area (Å²) in [6, 6.07) is 14.7. The standard InChI is InChI=1S/C20H16O6S/c21-17-13-8-11-5-4-9-2-1-3-10-6-7-12(15(11)14(9)10)16(13)20(27(24,25)26)19(23)18(17)22/h1-8,17-23H,(H,24,25,26)/p-1. The number of benzene rings is 4. The highest BCUT2D eigenvalue weighted by Crippen LogP contribution is 2.47. The summed E-state index contributed by atoms with van der Waals surface area (Å²) in [6.07, 6.45) is -5.16. The molecular formula is C20H15O6S-. The summed E-state index contributed by atoms with van der Waals surface area (Å²) in [5.41, 5.74) is 0.226. The van der Waals surface area contributed by atoms with Gasteiger partial charge in [-0.1, -0.05) is 42.5 Å². The van der Waals surface area contributed by atoms with Gasteiger partial charge in [-0.3, -0.25) is 0 Å². The van der Waals surface area contributed by atoms with Crippen LogP contribution < -0.4 is 0 Å². The highest BCUT2D eigenvalue weighted by Gasteiger charge is 2.44. The van der Waals surface area contributed by atoms with Crippen molar-refractivity contribution in [1.82, 2.24) is 0 Å². The van der Waals surface area contributed by atoms with Crippen molar-refractivity contribution < 1.29 is 28.3 Å². The van der Waals surface area contributed by atoms with Crippen molar-refractivity contribution in [2.75, 3.05) is 0 Å². The number of hydrogen-bond acceptors (Lipinski definition) is 6. The molecule has 0 saturated heterocycles. The van der Waals surface area contributed by atoms with Gasteiger partial charge < -0.3 is 19.9 Å². The second kappa shape index (κ2) is 5.37. The van der Waals surface area contributed by atoms with Crippen LogP contribution in [0.5, 0.6) is 0 Å². The Morgan fingerprint density at radius 3 is 2.11 bits per heavy atom. The monoisotopic (exact) mass is 383 g/mol. The lowest BCUT2D eigenvalue weighted by molar-refractivity contribution is -0.0711. The van der Waals surface area contributed by atoms with Crippen LogP contribution in [0.4, 0.5) is 0 Å². The third kappa shape index (κ3) is 2.17. The Morgan fingerprint density at radius 2 is 1.44 bits per heavy atom. The van der Waals surface area contributed by atoms with E-state index in [2.05, 4.69) is 0 Å². The van der Waals surface area contributed by atoms with Crippen LogP contribution in [0.3, 0.4) is 0 Å². The molecule has 0 bridgehead atoms. The first-order valence-corrected chi connectivity index (χ1v) is 9.95. The molecule has 0 spiro atoms. The van der Waals surface area contributed by atoms with Crippen LogP contribution in [0.25, 0.3) is 32.3 Å². The lowest BCUT2D eigenvalue weighted by Gasteiger charge is -2.39. The molecule has 4 aromatic carbocycles. The van der Waals surface area contributed by atoms with Crippen molar-refractivity contribution >= 4 is 42.4 Å². The fourth-order valence-electron chi connectivity index (χ4n) is 4.45. The van der Waals surface area contributed by atoms with Gasteiger partial charge in [0, 0.05) is 0 Å². The molecule has 27 heavy (non-hydrogen) atoms. The molecular weight excluding hydrogens is 368 g/mol. The van der Waals surface area contributed by atoms with Gasteiger partial charge in [0.25, 0.3) is 0 Å². The molecule has 4 aromatic rings. The predicted octanol–water partition coefficient (Wildman–Crippen LogP) is 1.94. The van der Waals surface area contributed by atoms with Gasteiger partial charge in [0.1, 0.15) is 33.7 Å². The van der Waals surface area contributed by atoms with E-state index in [1.54, 1.807) is 12.1 Å². The first-order chi connectivity index (χ1) is 12.8. The number of aliphatic hydroxyl groups is 3. The molecule has 0 saturated carbocycles. The van der Waals surface area contributed by atoms with Crippen LogP contribution >= 0.6 is 0 Å². The fraction of sp³-hybridized carbons (Fsp3) is 0.200. The van der Waals surface area contributed by atoms with Gasteiger partial charge in [0.05, 0.1) is 0 Å². The highest BCUT2D eigenvalue weighted by atomic mass is 32.2. The van der Waals surface area contributed by atoms with E-state index >= 15 is 0 Å². The lowest BCUT2D eigenvalue weighted by Crippen LogP contribution is -2.44. The second-order valence-corrected chi connectivity index (χ2v) is 8.57. The summed E-state index contributed by atoms with van der Waals surface area (Å²) in [5.74, 6) is 0. The summed E-state index contributed by atoms with van der Waals surface area (Å²) in [5, 5.41) is 33.9. The van der Waals surface area contributed by atoms with Crippen molar-refractivity contribution in [3.63, 3.8) is 0 Å². The van der Waals surface area contributed by atoms with E-state index in [1.165, 1.54) is 0 Å². The quantitative estimate of drug-likeness (QED) is 0.341. The summed E-state index contributed by atoms with van der Waals surface area (Å²) in [7, 11) is -4.98. The van der Waals surface area contributed by atoms with Crippen LogP contribution in [0, 0.1) is 0 Å². The Kier molecular flexibility index (Phi) is 3.35. The van der Waals surface area contributed by atoms with Gasteiger partial charge in [-0.15, -0.1) is 0 Å².